The Hall–Kier alpha value is -1.67. The number of aliphatic hydroxyl groups is 2. The van der Waals surface area contributed by atoms with E-state index in [0.29, 0.717) is 0 Å². The number of benzene rings is 3. The number of halogens is 6. The Kier molecular flexibility index (Phi) is 18.1. The van der Waals surface area contributed by atoms with Gasteiger partial charge in [0, 0.05) is 13.2 Å². The second kappa shape index (κ2) is 18.9. The molecule has 3 rings (SSSR count). The van der Waals surface area contributed by atoms with Crippen molar-refractivity contribution in [3.8, 4) is 0 Å². The molecule has 3 aromatic rings. The molecule has 42 heavy (non-hydrogen) atoms. The summed E-state index contributed by atoms with van der Waals surface area (Å²) in [6, 6.07) is 32.2. The molecule has 0 heterocycles. The van der Waals surface area contributed by atoms with E-state index in [0.717, 1.165) is 0 Å². The average molecular weight is 671 g/mol. The maximum atomic E-state index is 11.4. The average Bonchev–Trinajstić information content (AvgIpc) is 2.92. The summed E-state index contributed by atoms with van der Waals surface area (Å²) in [6.07, 6.45) is 0. The van der Waals surface area contributed by atoms with Crippen molar-refractivity contribution in [2.24, 2.45) is 0 Å². The summed E-state index contributed by atoms with van der Waals surface area (Å²) >= 11 is 0. The van der Waals surface area contributed by atoms with Crippen LogP contribution in [-0.2, 0) is 30.9 Å². The van der Waals surface area contributed by atoms with Gasteiger partial charge in [-0.05, 0) is 36.4 Å². The zero-order chi connectivity index (χ0) is 31.2. The van der Waals surface area contributed by atoms with Gasteiger partial charge >= 0.3 is 40.6 Å². The van der Waals surface area contributed by atoms with Crippen LogP contribution in [0.3, 0.4) is 0 Å². The first-order valence-corrected chi connectivity index (χ1v) is 15.3. The van der Waals surface area contributed by atoms with Crippen LogP contribution < -0.4 is 29.6 Å². The van der Waals surface area contributed by atoms with E-state index in [2.05, 4.69) is 100 Å². The molecule has 18 heteroatoms. The molecule has 0 aromatic heterocycles. The number of rotatable bonds is 9. The summed E-state index contributed by atoms with van der Waals surface area (Å²) in [5.74, 6) is 0. The van der Waals surface area contributed by atoms with Gasteiger partial charge in [0.05, 0.1) is 10.9 Å². The number of hydrogen-bond donors (Lipinski definition) is 2. The van der Waals surface area contributed by atoms with Crippen molar-refractivity contribution in [3.05, 3.63) is 100 Å². The first kappa shape index (κ1) is 40.3. The van der Waals surface area contributed by atoms with Gasteiger partial charge in [-0.3, -0.25) is 0 Å². The van der Waals surface area contributed by atoms with Gasteiger partial charge in [0.15, 0.2) is 34.7 Å². The fourth-order valence-electron chi connectivity index (χ4n) is 2.55. The molecule has 0 atom stereocenters. The van der Waals surface area contributed by atoms with Crippen LogP contribution in [0, 0.1) is 0 Å². The Balaban J connectivity index is 0.000000639. The number of alkyl halides is 6. The van der Waals surface area contributed by atoms with E-state index in [1.165, 1.54) is 14.7 Å². The van der Waals surface area contributed by atoms with Crippen molar-refractivity contribution in [1.29, 1.82) is 0 Å². The minimum Gasteiger partial charge on any atom is -0.539 e. The molecule has 0 aliphatic heterocycles. The van der Waals surface area contributed by atoms with Gasteiger partial charge in [-0.1, -0.05) is 54.6 Å². The third-order valence-corrected chi connectivity index (χ3v) is 8.69. The Morgan fingerprint density at radius 1 is 0.548 bits per heavy atom. The third kappa shape index (κ3) is 13.7. The minimum absolute atomic E-state index is 0. The fourth-order valence-corrected chi connectivity index (χ4v) is 5.59. The predicted octanol–water partition coefficient (Wildman–Crippen LogP) is 2.19. The molecular formula is C24H25F6N2NaO6S3. The first-order chi connectivity index (χ1) is 19.1. The summed E-state index contributed by atoms with van der Waals surface area (Å²) in [7, 11) is -10.8. The van der Waals surface area contributed by atoms with Crippen LogP contribution in [-0.4, -0.2) is 64.4 Å². The molecule has 3 aromatic carbocycles. The largest absolute Gasteiger partial charge is 1.00 e. The smallest absolute Gasteiger partial charge is 0.539 e. The van der Waals surface area contributed by atoms with Crippen LogP contribution in [0.5, 0.6) is 0 Å². The quantitative estimate of drug-likeness (QED) is 0.204. The van der Waals surface area contributed by atoms with Crippen LogP contribution in [0.1, 0.15) is 0 Å². The standard InChI is InChI=1S/C18H15S.2C3H5F3NO3S.Na/c1-4-10-16(11-5-1)19(17-12-6-2-7-13-17)18-14-8-3-9-15-18;2*4-3(5,6)11(9,10)7-1-2-8;/h1-15H;2*8H,1-2H2;/q+1;2*-1;+1. The molecule has 0 unspecified atom stereocenters. The van der Waals surface area contributed by atoms with Crippen molar-refractivity contribution >= 4 is 30.9 Å². The number of nitrogens with zero attached hydrogens (tertiary/aromatic N) is 2. The Morgan fingerprint density at radius 3 is 0.976 bits per heavy atom. The second-order valence-electron chi connectivity index (χ2n) is 7.24. The van der Waals surface area contributed by atoms with Crippen LogP contribution in [0.2, 0.25) is 0 Å². The van der Waals surface area contributed by atoms with E-state index in [4.69, 9.17) is 10.2 Å². The van der Waals surface area contributed by atoms with Gasteiger partial charge in [0.2, 0.25) is 0 Å². The Morgan fingerprint density at radius 2 is 0.786 bits per heavy atom. The maximum absolute atomic E-state index is 11.4. The van der Waals surface area contributed by atoms with Crippen LogP contribution in [0.25, 0.3) is 9.44 Å². The maximum Gasteiger partial charge on any atom is 1.00 e. The first-order valence-electron chi connectivity index (χ1n) is 11.2. The summed E-state index contributed by atoms with van der Waals surface area (Å²) in [5.41, 5.74) is -10.7. The van der Waals surface area contributed by atoms with E-state index in [1.54, 1.807) is 0 Å². The van der Waals surface area contributed by atoms with Gasteiger partial charge in [-0.2, -0.15) is 26.3 Å². The van der Waals surface area contributed by atoms with Crippen molar-refractivity contribution in [2.75, 3.05) is 26.3 Å². The van der Waals surface area contributed by atoms with Crippen LogP contribution >= 0.6 is 0 Å². The molecular weight excluding hydrogens is 645 g/mol. The van der Waals surface area contributed by atoms with Crippen molar-refractivity contribution in [3.63, 3.8) is 0 Å². The summed E-state index contributed by atoms with van der Waals surface area (Å²) < 4.78 is 113. The normalized spacial score (nSPS) is 11.8. The monoisotopic (exact) mass is 670 g/mol. The van der Waals surface area contributed by atoms with E-state index in [-0.39, 0.29) is 40.5 Å². The third-order valence-electron chi connectivity index (χ3n) is 4.24. The zero-order valence-corrected chi connectivity index (χ0v) is 26.4. The van der Waals surface area contributed by atoms with E-state index < -0.39 is 57.4 Å². The summed E-state index contributed by atoms with van der Waals surface area (Å²) in [6.45, 7) is -2.98. The minimum atomic E-state index is -5.39. The van der Waals surface area contributed by atoms with Gasteiger partial charge < -0.3 is 19.7 Å². The molecule has 0 aliphatic carbocycles. The predicted molar refractivity (Wildman–Crippen MR) is 142 cm³/mol. The molecule has 0 amide bonds. The van der Waals surface area contributed by atoms with Gasteiger partial charge in [-0.25, -0.2) is 16.8 Å². The number of aliphatic hydroxyl groups excluding tert-OH is 2. The SMILES string of the molecule is O=S(=O)([N-]CCO)C(F)(F)F.O=S(=O)([N-]CCO)C(F)(F)F.[Na+].c1ccc([S+](c2ccccc2)c2ccccc2)cc1. The van der Waals surface area contributed by atoms with Gasteiger partial charge in [0.1, 0.15) is 0 Å². The van der Waals surface area contributed by atoms with E-state index in [1.807, 2.05) is 0 Å². The molecule has 0 fully saturated rings. The number of sulfonamides is 2. The second-order valence-corrected chi connectivity index (χ2v) is 12.6. The summed E-state index contributed by atoms with van der Waals surface area (Å²) in [4.78, 5) is 4.08. The van der Waals surface area contributed by atoms with Crippen molar-refractivity contribution in [2.45, 2.75) is 25.7 Å². The zero-order valence-electron chi connectivity index (χ0n) is 21.9. The summed E-state index contributed by atoms with van der Waals surface area (Å²) in [5, 5.41) is 15.9. The number of hydrogen-bond acceptors (Lipinski definition) is 6. The van der Waals surface area contributed by atoms with E-state index >= 15 is 0 Å². The van der Waals surface area contributed by atoms with Crippen LogP contribution in [0.4, 0.5) is 26.3 Å². The van der Waals surface area contributed by atoms with Crippen molar-refractivity contribution < 1.29 is 82.9 Å². The van der Waals surface area contributed by atoms with Gasteiger partial charge in [0.25, 0.3) is 0 Å². The molecule has 0 bridgehead atoms. The van der Waals surface area contributed by atoms with Crippen molar-refractivity contribution in [1.82, 2.24) is 0 Å². The molecule has 0 aliphatic rings. The topological polar surface area (TPSA) is 137 Å². The Labute approximate surface area is 264 Å². The molecule has 0 saturated heterocycles. The molecule has 2 N–H and O–H groups in total. The molecule has 228 valence electrons. The fraction of sp³-hybridized carbons (Fsp3) is 0.250. The van der Waals surface area contributed by atoms with Crippen LogP contribution in [0.15, 0.2) is 106 Å². The molecule has 0 spiro atoms. The van der Waals surface area contributed by atoms with Gasteiger partial charge in [-0.15, -0.1) is 13.1 Å². The molecule has 8 nitrogen and oxygen atoms in total. The van der Waals surface area contributed by atoms with E-state index in [9.17, 15) is 43.2 Å². The Bertz CT molecular complexity index is 1230. The molecule has 0 saturated carbocycles. The molecule has 0 radical (unpaired) electrons.